The van der Waals surface area contributed by atoms with Gasteiger partial charge in [0.15, 0.2) is 6.29 Å². The first kappa shape index (κ1) is 11.9. The highest BCUT2D eigenvalue weighted by atomic mass is 16.8. The van der Waals surface area contributed by atoms with Gasteiger partial charge in [0.25, 0.3) is 0 Å². The van der Waals surface area contributed by atoms with Crippen molar-refractivity contribution in [2.45, 2.75) is 38.1 Å². The zero-order chi connectivity index (χ0) is 11.5. The normalized spacial score (nSPS) is 40.2. The van der Waals surface area contributed by atoms with Crippen molar-refractivity contribution in [3.8, 4) is 0 Å². The smallest absolute Gasteiger partial charge is 0.181 e. The van der Waals surface area contributed by atoms with E-state index in [2.05, 4.69) is 0 Å². The van der Waals surface area contributed by atoms with Gasteiger partial charge in [-0.05, 0) is 37.5 Å². The molecule has 2 unspecified atom stereocenters. The molecule has 0 aromatic rings. The predicted molar refractivity (Wildman–Crippen MR) is 61.7 cm³/mol. The number of hydrogen-bond acceptors (Lipinski definition) is 4. The highest BCUT2D eigenvalue weighted by Crippen LogP contribution is 2.30. The molecule has 2 heterocycles. The Balaban J connectivity index is 1.24. The summed E-state index contributed by atoms with van der Waals surface area (Å²) in [5, 5.41) is 0. The Bertz CT molecular complexity index is 230. The monoisotopic (exact) mass is 242 g/mol. The van der Waals surface area contributed by atoms with Gasteiger partial charge in [-0.3, -0.25) is 0 Å². The van der Waals surface area contributed by atoms with Gasteiger partial charge < -0.3 is 18.9 Å². The lowest BCUT2D eigenvalue weighted by molar-refractivity contribution is 0.00868. The summed E-state index contributed by atoms with van der Waals surface area (Å²) < 4.78 is 21.4. The standard InChI is InChI=1S/C13H22O4/c1-3-11(6-16-13-9-17-13)4-2-10(1)5-14-7-12-8-15-12/h10-13H,1-9H2. The van der Waals surface area contributed by atoms with E-state index in [-0.39, 0.29) is 6.29 Å². The summed E-state index contributed by atoms with van der Waals surface area (Å²) in [4.78, 5) is 0. The summed E-state index contributed by atoms with van der Waals surface area (Å²) in [6.07, 6.45) is 5.64. The Morgan fingerprint density at radius 2 is 1.47 bits per heavy atom. The maximum atomic E-state index is 5.66. The molecule has 0 spiro atoms. The molecule has 3 fully saturated rings. The van der Waals surface area contributed by atoms with Crippen LogP contribution in [0.25, 0.3) is 0 Å². The molecule has 1 saturated carbocycles. The molecule has 0 aromatic heterocycles. The largest absolute Gasteiger partial charge is 0.378 e. The first-order valence-electron chi connectivity index (χ1n) is 6.82. The molecule has 3 rings (SSSR count). The SMILES string of the molecule is C1CC(COC2CO2)CCC1COCC1CO1. The van der Waals surface area contributed by atoms with Gasteiger partial charge in [-0.25, -0.2) is 0 Å². The fourth-order valence-electron chi connectivity index (χ4n) is 2.47. The minimum absolute atomic E-state index is 0.120. The van der Waals surface area contributed by atoms with Crippen molar-refractivity contribution in [1.29, 1.82) is 0 Å². The maximum Gasteiger partial charge on any atom is 0.181 e. The minimum Gasteiger partial charge on any atom is -0.378 e. The van der Waals surface area contributed by atoms with Crippen LogP contribution in [0.4, 0.5) is 0 Å². The third-order valence-electron chi connectivity index (χ3n) is 3.85. The second kappa shape index (κ2) is 5.65. The lowest BCUT2D eigenvalue weighted by atomic mass is 9.83. The summed E-state index contributed by atoms with van der Waals surface area (Å²) in [5.74, 6) is 1.49. The van der Waals surface area contributed by atoms with Gasteiger partial charge in [-0.15, -0.1) is 0 Å². The summed E-state index contributed by atoms with van der Waals surface area (Å²) in [5.41, 5.74) is 0. The Labute approximate surface area is 103 Å². The molecule has 0 aromatic carbocycles. The third kappa shape index (κ3) is 4.21. The molecule has 1 aliphatic carbocycles. The van der Waals surface area contributed by atoms with Crippen molar-refractivity contribution in [2.24, 2.45) is 11.8 Å². The van der Waals surface area contributed by atoms with Crippen molar-refractivity contribution in [3.63, 3.8) is 0 Å². The molecule has 0 bridgehead atoms. The zero-order valence-electron chi connectivity index (χ0n) is 10.3. The van der Waals surface area contributed by atoms with Crippen molar-refractivity contribution < 1.29 is 18.9 Å². The van der Waals surface area contributed by atoms with E-state index in [1.165, 1.54) is 25.7 Å². The molecular formula is C13H22O4. The van der Waals surface area contributed by atoms with Gasteiger partial charge in [0.1, 0.15) is 12.7 Å². The molecule has 0 amide bonds. The first-order valence-corrected chi connectivity index (χ1v) is 6.82. The van der Waals surface area contributed by atoms with Crippen LogP contribution in [0, 0.1) is 11.8 Å². The van der Waals surface area contributed by atoms with Gasteiger partial charge in [0.05, 0.1) is 19.8 Å². The fraction of sp³-hybridized carbons (Fsp3) is 1.00. The number of rotatable bonds is 7. The highest BCUT2D eigenvalue weighted by molar-refractivity contribution is 4.74. The molecule has 3 aliphatic rings. The first-order chi connectivity index (χ1) is 8.40. The van der Waals surface area contributed by atoms with Crippen LogP contribution in [0.5, 0.6) is 0 Å². The van der Waals surface area contributed by atoms with Gasteiger partial charge in [0.2, 0.25) is 0 Å². The average molecular weight is 242 g/mol. The number of ether oxygens (including phenoxy) is 4. The maximum absolute atomic E-state index is 5.66. The summed E-state index contributed by atoms with van der Waals surface area (Å²) in [6, 6.07) is 0. The Morgan fingerprint density at radius 3 is 2.06 bits per heavy atom. The highest BCUT2D eigenvalue weighted by Gasteiger charge is 2.27. The summed E-state index contributed by atoms with van der Waals surface area (Å²) in [7, 11) is 0. The van der Waals surface area contributed by atoms with Crippen LogP contribution < -0.4 is 0 Å². The van der Waals surface area contributed by atoms with E-state index in [9.17, 15) is 0 Å². The van der Waals surface area contributed by atoms with Crippen LogP contribution in [0.3, 0.4) is 0 Å². The zero-order valence-corrected chi connectivity index (χ0v) is 10.3. The van der Waals surface area contributed by atoms with E-state index in [4.69, 9.17) is 18.9 Å². The van der Waals surface area contributed by atoms with E-state index < -0.39 is 0 Å². The Morgan fingerprint density at radius 1 is 0.824 bits per heavy atom. The average Bonchev–Trinajstić information content (AvgIpc) is 3.23. The van der Waals surface area contributed by atoms with Crippen LogP contribution in [0.2, 0.25) is 0 Å². The van der Waals surface area contributed by atoms with Crippen LogP contribution in [-0.4, -0.2) is 45.4 Å². The van der Waals surface area contributed by atoms with Crippen molar-refractivity contribution in [2.75, 3.05) is 33.0 Å². The van der Waals surface area contributed by atoms with Crippen molar-refractivity contribution in [3.05, 3.63) is 0 Å². The van der Waals surface area contributed by atoms with E-state index in [0.29, 0.717) is 6.10 Å². The second-order valence-corrected chi connectivity index (χ2v) is 5.48. The van der Waals surface area contributed by atoms with E-state index >= 15 is 0 Å². The molecule has 0 radical (unpaired) electrons. The van der Waals surface area contributed by atoms with E-state index in [0.717, 1.165) is 44.9 Å². The van der Waals surface area contributed by atoms with Crippen LogP contribution in [0.15, 0.2) is 0 Å². The lowest BCUT2D eigenvalue weighted by Crippen LogP contribution is -2.22. The lowest BCUT2D eigenvalue weighted by Gasteiger charge is -2.27. The molecule has 2 aliphatic heterocycles. The molecule has 2 atom stereocenters. The van der Waals surface area contributed by atoms with Gasteiger partial charge in [0, 0.05) is 6.61 Å². The van der Waals surface area contributed by atoms with Gasteiger partial charge >= 0.3 is 0 Å². The number of hydrogen-bond donors (Lipinski definition) is 0. The van der Waals surface area contributed by atoms with Gasteiger partial charge in [-0.1, -0.05) is 0 Å². The van der Waals surface area contributed by atoms with Crippen LogP contribution in [-0.2, 0) is 18.9 Å². The third-order valence-corrected chi connectivity index (χ3v) is 3.85. The van der Waals surface area contributed by atoms with Crippen LogP contribution in [0.1, 0.15) is 25.7 Å². The summed E-state index contributed by atoms with van der Waals surface area (Å²) >= 11 is 0. The molecule has 4 nitrogen and oxygen atoms in total. The molecule has 2 saturated heterocycles. The molecule has 4 heteroatoms. The molecule has 17 heavy (non-hydrogen) atoms. The number of epoxide rings is 2. The minimum atomic E-state index is 0.120. The summed E-state index contributed by atoms with van der Waals surface area (Å²) in [6.45, 7) is 4.29. The quantitative estimate of drug-likeness (QED) is 0.636. The second-order valence-electron chi connectivity index (χ2n) is 5.48. The molecule has 0 N–H and O–H groups in total. The van der Waals surface area contributed by atoms with Gasteiger partial charge in [-0.2, -0.15) is 0 Å². The molecule has 98 valence electrons. The van der Waals surface area contributed by atoms with Crippen LogP contribution >= 0.6 is 0 Å². The predicted octanol–water partition coefficient (Wildman–Crippen LogP) is 1.58. The van der Waals surface area contributed by atoms with E-state index in [1.807, 2.05) is 0 Å². The van der Waals surface area contributed by atoms with E-state index in [1.54, 1.807) is 0 Å². The topological polar surface area (TPSA) is 43.5 Å². The Kier molecular flexibility index (Phi) is 3.96. The fourth-order valence-corrected chi connectivity index (χ4v) is 2.47. The van der Waals surface area contributed by atoms with Crippen molar-refractivity contribution in [1.82, 2.24) is 0 Å². The van der Waals surface area contributed by atoms with Crippen molar-refractivity contribution >= 4 is 0 Å². The molecular weight excluding hydrogens is 220 g/mol. The Hall–Kier alpha value is -0.160.